The van der Waals surface area contributed by atoms with Gasteiger partial charge in [0.2, 0.25) is 0 Å². The Morgan fingerprint density at radius 1 is 1.10 bits per heavy atom. The Balaban J connectivity index is 1.40. The van der Waals surface area contributed by atoms with Gasteiger partial charge >= 0.3 is 0 Å². The lowest BCUT2D eigenvalue weighted by Gasteiger charge is -2.34. The number of aryl methyl sites for hydroxylation is 1. The zero-order valence-electron chi connectivity index (χ0n) is 17.8. The number of piperazine rings is 1. The minimum Gasteiger partial charge on any atom is -0.494 e. The monoisotopic (exact) mass is 413 g/mol. The molecule has 3 N–H and O–H groups in total. The van der Waals surface area contributed by atoms with Gasteiger partial charge in [-0.2, -0.15) is 0 Å². The predicted molar refractivity (Wildman–Crippen MR) is 126 cm³/mol. The van der Waals surface area contributed by atoms with Gasteiger partial charge in [0, 0.05) is 16.9 Å². The van der Waals surface area contributed by atoms with E-state index in [4.69, 9.17) is 17.0 Å². The van der Waals surface area contributed by atoms with Crippen LogP contribution in [0.3, 0.4) is 0 Å². The fourth-order valence-corrected chi connectivity index (χ4v) is 3.96. The average Bonchev–Trinajstić information content (AvgIpc) is 2.72. The van der Waals surface area contributed by atoms with Gasteiger partial charge in [-0.05, 0) is 57.3 Å². The van der Waals surface area contributed by atoms with Gasteiger partial charge in [0.25, 0.3) is 0 Å². The molecule has 0 aromatic heterocycles. The van der Waals surface area contributed by atoms with Crippen molar-refractivity contribution in [3.8, 4) is 5.75 Å². The largest absolute Gasteiger partial charge is 0.494 e. The van der Waals surface area contributed by atoms with Crippen LogP contribution in [0.4, 0.5) is 11.4 Å². The summed E-state index contributed by atoms with van der Waals surface area (Å²) in [5.41, 5.74) is 4.82. The summed E-state index contributed by atoms with van der Waals surface area (Å²) in [6.45, 7) is 13.3. The second-order valence-electron chi connectivity index (χ2n) is 7.57. The molecular weight excluding hydrogens is 380 g/mol. The first-order valence-corrected chi connectivity index (χ1v) is 10.9. The molecule has 0 aliphatic carbocycles. The maximum atomic E-state index is 5.75. The molecule has 5 nitrogen and oxygen atoms in total. The molecule has 2 aromatic rings. The second-order valence-corrected chi connectivity index (χ2v) is 7.98. The van der Waals surface area contributed by atoms with E-state index in [1.54, 1.807) is 4.90 Å². The highest BCUT2D eigenvalue weighted by Gasteiger charge is 2.21. The van der Waals surface area contributed by atoms with Crippen LogP contribution < -0.4 is 25.2 Å². The maximum absolute atomic E-state index is 5.75. The van der Waals surface area contributed by atoms with E-state index in [2.05, 4.69) is 71.8 Å². The van der Waals surface area contributed by atoms with Crippen LogP contribution in [-0.4, -0.2) is 51.0 Å². The molecule has 2 aromatic carbocycles. The predicted octanol–water partition coefficient (Wildman–Crippen LogP) is 2.39. The van der Waals surface area contributed by atoms with Crippen molar-refractivity contribution in [2.45, 2.75) is 20.8 Å². The van der Waals surface area contributed by atoms with Crippen LogP contribution >= 0.6 is 12.2 Å². The van der Waals surface area contributed by atoms with E-state index in [1.807, 2.05) is 6.92 Å². The highest BCUT2D eigenvalue weighted by molar-refractivity contribution is 7.80. The van der Waals surface area contributed by atoms with Crippen LogP contribution in [0.1, 0.15) is 18.1 Å². The highest BCUT2D eigenvalue weighted by atomic mass is 32.1. The van der Waals surface area contributed by atoms with Crippen LogP contribution in [0, 0.1) is 13.8 Å². The molecule has 1 heterocycles. The van der Waals surface area contributed by atoms with Crippen molar-refractivity contribution in [3.63, 3.8) is 0 Å². The number of rotatable bonds is 7. The Labute approximate surface area is 180 Å². The lowest BCUT2D eigenvalue weighted by atomic mass is 10.1. The molecule has 1 aliphatic heterocycles. The summed E-state index contributed by atoms with van der Waals surface area (Å²) in [6.07, 6.45) is 0. The van der Waals surface area contributed by atoms with Gasteiger partial charge in [0.15, 0.2) is 5.11 Å². The topological polar surface area (TPSA) is 41.0 Å². The lowest BCUT2D eigenvalue weighted by molar-refractivity contribution is -0.899. The molecule has 1 fully saturated rings. The zero-order chi connectivity index (χ0) is 20.6. The standard InChI is InChI=1S/C23H32N4OS/c1-4-28-22-7-5-6-21(19(22)3)27-16-14-26(15-17-27)13-12-24-23(29)25-20-10-8-18(2)9-11-20/h5-11H,4,12-17H2,1-3H3,(H2,24,25,29)/p+1. The fourth-order valence-electron chi connectivity index (χ4n) is 3.74. The van der Waals surface area contributed by atoms with E-state index in [1.165, 1.54) is 16.8 Å². The van der Waals surface area contributed by atoms with Gasteiger partial charge in [0.05, 0.1) is 45.9 Å². The fraction of sp³-hybridized carbons (Fsp3) is 0.435. The minimum absolute atomic E-state index is 0.690. The van der Waals surface area contributed by atoms with Crippen LogP contribution in [0.25, 0.3) is 0 Å². The summed E-state index contributed by atoms with van der Waals surface area (Å²) < 4.78 is 5.75. The Kier molecular flexibility index (Phi) is 7.72. The van der Waals surface area contributed by atoms with Crippen molar-refractivity contribution in [3.05, 3.63) is 53.6 Å². The van der Waals surface area contributed by atoms with Crippen molar-refractivity contribution in [1.82, 2.24) is 5.32 Å². The molecule has 0 saturated carbocycles. The third-order valence-corrected chi connectivity index (χ3v) is 5.69. The number of nitrogens with zero attached hydrogens (tertiary/aromatic N) is 1. The molecule has 29 heavy (non-hydrogen) atoms. The zero-order valence-corrected chi connectivity index (χ0v) is 18.6. The average molecular weight is 414 g/mol. The molecule has 6 heteroatoms. The normalized spacial score (nSPS) is 14.5. The number of hydrogen-bond acceptors (Lipinski definition) is 3. The summed E-state index contributed by atoms with van der Waals surface area (Å²) in [4.78, 5) is 4.10. The molecule has 0 spiro atoms. The molecule has 0 unspecified atom stereocenters. The number of ether oxygens (including phenoxy) is 1. The molecular formula is C23H33N4OS+. The molecule has 1 aliphatic rings. The Bertz CT molecular complexity index is 801. The van der Waals surface area contributed by atoms with Crippen LogP contribution in [0.2, 0.25) is 0 Å². The third-order valence-electron chi connectivity index (χ3n) is 5.44. The smallest absolute Gasteiger partial charge is 0.170 e. The minimum atomic E-state index is 0.690. The first-order valence-electron chi connectivity index (χ1n) is 10.5. The van der Waals surface area contributed by atoms with Crippen molar-refractivity contribution in [1.29, 1.82) is 0 Å². The molecule has 1 saturated heterocycles. The molecule has 156 valence electrons. The number of hydrogen-bond donors (Lipinski definition) is 3. The van der Waals surface area contributed by atoms with Crippen molar-refractivity contribution < 1.29 is 9.64 Å². The summed E-state index contributed by atoms with van der Waals surface area (Å²) in [7, 11) is 0. The summed E-state index contributed by atoms with van der Waals surface area (Å²) in [5.74, 6) is 0.999. The summed E-state index contributed by atoms with van der Waals surface area (Å²) in [6, 6.07) is 14.6. The molecule has 0 radical (unpaired) electrons. The lowest BCUT2D eigenvalue weighted by Crippen LogP contribution is -3.15. The summed E-state index contributed by atoms with van der Waals surface area (Å²) >= 11 is 5.41. The van der Waals surface area contributed by atoms with Gasteiger partial charge in [-0.25, -0.2) is 0 Å². The van der Waals surface area contributed by atoms with Gasteiger partial charge in [0.1, 0.15) is 5.75 Å². The third kappa shape index (κ3) is 6.08. The summed E-state index contributed by atoms with van der Waals surface area (Å²) in [5, 5.41) is 7.27. The van der Waals surface area contributed by atoms with E-state index in [0.29, 0.717) is 11.7 Å². The number of nitrogens with one attached hydrogen (secondary N) is 3. The number of thiocarbonyl (C=S) groups is 1. The molecule has 0 atom stereocenters. The van der Waals surface area contributed by atoms with E-state index in [9.17, 15) is 0 Å². The first-order chi connectivity index (χ1) is 14.1. The second kappa shape index (κ2) is 10.5. The van der Waals surface area contributed by atoms with Crippen LogP contribution in [-0.2, 0) is 0 Å². The van der Waals surface area contributed by atoms with Crippen molar-refractivity contribution >= 4 is 28.7 Å². The van der Waals surface area contributed by atoms with Gasteiger partial charge in [-0.15, -0.1) is 0 Å². The van der Waals surface area contributed by atoms with Gasteiger partial charge in [-0.1, -0.05) is 23.8 Å². The Morgan fingerprint density at radius 3 is 2.52 bits per heavy atom. The van der Waals surface area contributed by atoms with Crippen LogP contribution in [0.5, 0.6) is 5.75 Å². The maximum Gasteiger partial charge on any atom is 0.170 e. The van der Waals surface area contributed by atoms with Crippen molar-refractivity contribution in [2.75, 3.05) is 56.1 Å². The van der Waals surface area contributed by atoms with Gasteiger partial charge in [-0.3, -0.25) is 0 Å². The quantitative estimate of drug-likeness (QED) is 0.608. The van der Waals surface area contributed by atoms with Crippen molar-refractivity contribution in [2.24, 2.45) is 0 Å². The Morgan fingerprint density at radius 2 is 1.83 bits per heavy atom. The first kappa shape index (κ1) is 21.4. The Hall–Kier alpha value is -2.31. The van der Waals surface area contributed by atoms with E-state index in [0.717, 1.165) is 50.7 Å². The molecule has 0 bridgehead atoms. The van der Waals surface area contributed by atoms with Gasteiger partial charge < -0.3 is 25.2 Å². The SMILES string of the molecule is CCOc1cccc(N2CC[NH+](CCNC(=S)Nc3ccc(C)cc3)CC2)c1C. The van der Waals surface area contributed by atoms with E-state index in [-0.39, 0.29) is 0 Å². The van der Waals surface area contributed by atoms with Crippen LogP contribution in [0.15, 0.2) is 42.5 Å². The number of anilines is 2. The molecule has 0 amide bonds. The molecule has 3 rings (SSSR count). The van der Waals surface area contributed by atoms with E-state index < -0.39 is 0 Å². The number of benzene rings is 2. The highest BCUT2D eigenvalue weighted by Crippen LogP contribution is 2.28. The number of quaternary nitrogens is 1. The van der Waals surface area contributed by atoms with E-state index >= 15 is 0 Å².